The number of aromatic nitrogens is 2. The van der Waals surface area contributed by atoms with Crippen molar-refractivity contribution >= 4 is 28.5 Å². The highest BCUT2D eigenvalue weighted by atomic mass is 32.2. The van der Waals surface area contributed by atoms with Gasteiger partial charge in [0, 0.05) is 53.8 Å². The summed E-state index contributed by atoms with van der Waals surface area (Å²) in [5.74, 6) is -0.224. The molecule has 1 aromatic carbocycles. The largest absolute Gasteiger partial charge is 0.337 e. The summed E-state index contributed by atoms with van der Waals surface area (Å²) >= 11 is 1.63. The number of nitrogens with two attached hydrogens (primary N) is 1. The first-order valence-electron chi connectivity index (χ1n) is 8.83. The molecule has 0 saturated heterocycles. The third kappa shape index (κ3) is 3.87. The number of fused-ring (bicyclic) bond motifs is 1. The summed E-state index contributed by atoms with van der Waals surface area (Å²) in [7, 11) is 2.01. The van der Waals surface area contributed by atoms with Gasteiger partial charge >= 0.3 is 0 Å². The van der Waals surface area contributed by atoms with E-state index >= 15 is 0 Å². The van der Waals surface area contributed by atoms with E-state index in [0.717, 1.165) is 33.4 Å². The van der Waals surface area contributed by atoms with Crippen molar-refractivity contribution < 1.29 is 4.39 Å². The summed E-state index contributed by atoms with van der Waals surface area (Å²) in [5.41, 5.74) is 11.8. The van der Waals surface area contributed by atoms with Crippen LogP contribution in [-0.2, 0) is 6.54 Å². The molecule has 0 fully saturated rings. The molecule has 27 heavy (non-hydrogen) atoms. The second-order valence-electron chi connectivity index (χ2n) is 6.57. The van der Waals surface area contributed by atoms with Crippen molar-refractivity contribution in [2.75, 3.05) is 24.2 Å². The lowest BCUT2D eigenvalue weighted by atomic mass is 10.0. The van der Waals surface area contributed by atoms with E-state index in [4.69, 9.17) is 5.73 Å². The van der Waals surface area contributed by atoms with Crippen LogP contribution in [0.25, 0.3) is 22.0 Å². The van der Waals surface area contributed by atoms with Gasteiger partial charge in [-0.15, -0.1) is 0 Å². The van der Waals surface area contributed by atoms with Crippen molar-refractivity contribution in [3.05, 3.63) is 59.8 Å². The SMILES string of the molecule is CSN(C)c1cncc(-c2c(C)n(C/C(F)=C/CN)c3ccc(C)cc23)c1. The molecule has 4 nitrogen and oxygen atoms in total. The van der Waals surface area contributed by atoms with Gasteiger partial charge in [-0.05, 0) is 38.1 Å². The highest BCUT2D eigenvalue weighted by molar-refractivity contribution is 7.99. The highest BCUT2D eigenvalue weighted by Gasteiger charge is 2.17. The third-order valence-electron chi connectivity index (χ3n) is 4.78. The lowest BCUT2D eigenvalue weighted by Gasteiger charge is -2.15. The molecular formula is C21H25FN4S. The van der Waals surface area contributed by atoms with Gasteiger partial charge in [0.15, 0.2) is 0 Å². The zero-order chi connectivity index (χ0) is 19.6. The minimum absolute atomic E-state index is 0.181. The summed E-state index contributed by atoms with van der Waals surface area (Å²) in [4.78, 5) is 4.43. The molecule has 0 bridgehead atoms. The van der Waals surface area contributed by atoms with Crippen LogP contribution in [0.4, 0.5) is 10.1 Å². The van der Waals surface area contributed by atoms with Gasteiger partial charge in [0.25, 0.3) is 0 Å². The molecule has 3 aromatic rings. The van der Waals surface area contributed by atoms with Crippen molar-refractivity contribution in [2.45, 2.75) is 20.4 Å². The molecular weight excluding hydrogens is 359 g/mol. The Balaban J connectivity index is 2.23. The van der Waals surface area contributed by atoms with Gasteiger partial charge in [0.05, 0.1) is 18.4 Å². The van der Waals surface area contributed by atoms with Crippen LogP contribution in [0.5, 0.6) is 0 Å². The van der Waals surface area contributed by atoms with Crippen LogP contribution in [0.2, 0.25) is 0 Å². The molecule has 0 atom stereocenters. The van der Waals surface area contributed by atoms with Crippen LogP contribution in [0.15, 0.2) is 48.6 Å². The molecule has 142 valence electrons. The number of benzene rings is 1. The van der Waals surface area contributed by atoms with Crippen LogP contribution < -0.4 is 10.0 Å². The molecule has 0 radical (unpaired) electrons. The molecule has 0 unspecified atom stereocenters. The van der Waals surface area contributed by atoms with Gasteiger partial charge < -0.3 is 14.6 Å². The Bertz CT molecular complexity index is 993. The molecule has 3 rings (SSSR count). The Morgan fingerprint density at radius 3 is 2.78 bits per heavy atom. The average Bonchev–Trinajstić information content (AvgIpc) is 2.92. The van der Waals surface area contributed by atoms with E-state index in [1.54, 1.807) is 11.9 Å². The number of allylic oxidation sites excluding steroid dienone is 1. The van der Waals surface area contributed by atoms with Crippen LogP contribution >= 0.6 is 11.9 Å². The number of nitrogens with zero attached hydrogens (tertiary/aromatic N) is 3. The Morgan fingerprint density at radius 1 is 1.30 bits per heavy atom. The molecule has 0 aliphatic rings. The molecule has 0 aliphatic heterocycles. The standard InChI is InChI=1S/C21H25FN4S/c1-14-5-6-20-19(9-14)21(15(2)26(20)13-17(22)7-8-23)16-10-18(12-24-11-16)25(3)27-4/h5-7,9-12H,8,13,23H2,1-4H3/b17-7-. The molecule has 0 saturated carbocycles. The number of anilines is 1. The lowest BCUT2D eigenvalue weighted by Crippen LogP contribution is -2.05. The quantitative estimate of drug-likeness (QED) is 0.618. The van der Waals surface area contributed by atoms with E-state index in [9.17, 15) is 4.39 Å². The van der Waals surface area contributed by atoms with Crippen LogP contribution in [-0.4, -0.2) is 29.4 Å². The number of hydrogen-bond acceptors (Lipinski definition) is 4. The maximum atomic E-state index is 14.2. The van der Waals surface area contributed by atoms with Crippen LogP contribution in [0, 0.1) is 13.8 Å². The minimum Gasteiger partial charge on any atom is -0.337 e. The predicted molar refractivity (Wildman–Crippen MR) is 115 cm³/mol. The van der Waals surface area contributed by atoms with Crippen molar-refractivity contribution in [1.29, 1.82) is 0 Å². The Labute approximate surface area is 164 Å². The van der Waals surface area contributed by atoms with Crippen LogP contribution in [0.3, 0.4) is 0 Å². The Morgan fingerprint density at radius 2 is 2.07 bits per heavy atom. The summed E-state index contributed by atoms with van der Waals surface area (Å²) in [6.07, 6.45) is 7.18. The summed E-state index contributed by atoms with van der Waals surface area (Å²) in [6, 6.07) is 8.40. The second kappa shape index (κ2) is 8.15. The van der Waals surface area contributed by atoms with E-state index in [1.807, 2.05) is 37.2 Å². The first-order valence-corrected chi connectivity index (χ1v) is 10.0. The minimum atomic E-state index is -0.224. The van der Waals surface area contributed by atoms with Gasteiger partial charge in [0.2, 0.25) is 0 Å². The van der Waals surface area contributed by atoms with Crippen molar-refractivity contribution in [2.24, 2.45) is 5.73 Å². The molecule has 0 amide bonds. The van der Waals surface area contributed by atoms with Gasteiger partial charge in [-0.2, -0.15) is 0 Å². The third-order valence-corrected chi connectivity index (χ3v) is 5.54. The number of hydrogen-bond donors (Lipinski definition) is 1. The van der Waals surface area contributed by atoms with Crippen molar-refractivity contribution in [3.8, 4) is 11.1 Å². The fraction of sp³-hybridized carbons (Fsp3) is 0.286. The van der Waals surface area contributed by atoms with Crippen molar-refractivity contribution in [1.82, 2.24) is 9.55 Å². The van der Waals surface area contributed by atoms with E-state index in [1.165, 1.54) is 11.6 Å². The summed E-state index contributed by atoms with van der Waals surface area (Å²) < 4.78 is 18.3. The van der Waals surface area contributed by atoms with Gasteiger partial charge in [0.1, 0.15) is 5.83 Å². The van der Waals surface area contributed by atoms with E-state index in [0.29, 0.717) is 0 Å². The molecule has 2 heterocycles. The number of pyridine rings is 1. The van der Waals surface area contributed by atoms with Crippen LogP contribution in [0.1, 0.15) is 11.3 Å². The maximum Gasteiger partial charge on any atom is 0.117 e. The lowest BCUT2D eigenvalue weighted by molar-refractivity contribution is 0.555. The highest BCUT2D eigenvalue weighted by Crippen LogP contribution is 2.37. The normalized spacial score (nSPS) is 12.0. The van der Waals surface area contributed by atoms with Gasteiger partial charge in [-0.1, -0.05) is 23.6 Å². The van der Waals surface area contributed by atoms with Gasteiger partial charge in [-0.3, -0.25) is 4.98 Å². The Hall–Kier alpha value is -2.31. The second-order valence-corrected chi connectivity index (χ2v) is 7.48. The molecule has 0 spiro atoms. The zero-order valence-electron chi connectivity index (χ0n) is 16.2. The topological polar surface area (TPSA) is 47.1 Å². The molecule has 2 aromatic heterocycles. The van der Waals surface area contributed by atoms with Crippen molar-refractivity contribution in [3.63, 3.8) is 0 Å². The maximum absolute atomic E-state index is 14.2. The van der Waals surface area contributed by atoms with E-state index in [2.05, 4.69) is 40.5 Å². The van der Waals surface area contributed by atoms with E-state index in [-0.39, 0.29) is 18.9 Å². The van der Waals surface area contributed by atoms with E-state index < -0.39 is 0 Å². The average molecular weight is 385 g/mol. The Kier molecular flexibility index (Phi) is 5.87. The summed E-state index contributed by atoms with van der Waals surface area (Å²) in [6.45, 7) is 4.48. The molecule has 0 aliphatic carbocycles. The first-order chi connectivity index (χ1) is 13.0. The fourth-order valence-electron chi connectivity index (χ4n) is 3.35. The van der Waals surface area contributed by atoms with Gasteiger partial charge in [-0.25, -0.2) is 4.39 Å². The predicted octanol–water partition coefficient (Wildman–Crippen LogP) is 4.85. The zero-order valence-corrected chi connectivity index (χ0v) is 17.0. The number of aryl methyl sites for hydroxylation is 1. The number of rotatable bonds is 6. The fourth-order valence-corrected chi connectivity index (χ4v) is 3.66. The summed E-state index contributed by atoms with van der Waals surface area (Å²) in [5, 5.41) is 1.11. The first kappa shape index (κ1) is 19.5. The number of halogens is 1. The molecule has 6 heteroatoms. The smallest absolute Gasteiger partial charge is 0.117 e. The molecule has 2 N–H and O–H groups in total. The monoisotopic (exact) mass is 384 g/mol.